The lowest BCUT2D eigenvalue weighted by atomic mass is 10.0. The molecule has 0 saturated carbocycles. The van der Waals surface area contributed by atoms with E-state index in [-0.39, 0.29) is 0 Å². The molecule has 2 nitrogen and oxygen atoms in total. The molecule has 2 rings (SSSR count). The second kappa shape index (κ2) is 6.83. The maximum absolute atomic E-state index is 5.77. The first-order chi connectivity index (χ1) is 9.28. The fourth-order valence-electron chi connectivity index (χ4n) is 2.16. The van der Waals surface area contributed by atoms with Gasteiger partial charge in [-0.05, 0) is 61.6 Å². The Kier molecular flexibility index (Phi) is 4.85. The number of aryl methyl sites for hydroxylation is 2. The van der Waals surface area contributed by atoms with Gasteiger partial charge in [-0.1, -0.05) is 24.3 Å². The van der Waals surface area contributed by atoms with Gasteiger partial charge in [-0.3, -0.25) is 0 Å². The van der Waals surface area contributed by atoms with Gasteiger partial charge in [0.15, 0.2) is 0 Å². The second-order valence-corrected chi connectivity index (χ2v) is 4.68. The van der Waals surface area contributed by atoms with Gasteiger partial charge in [0.1, 0.15) is 5.75 Å². The fraction of sp³-hybridized carbons (Fsp3) is 0.294. The van der Waals surface area contributed by atoms with Crippen LogP contribution in [-0.4, -0.2) is 6.61 Å². The van der Waals surface area contributed by atoms with Crippen LogP contribution < -0.4 is 10.5 Å². The zero-order valence-corrected chi connectivity index (χ0v) is 11.4. The minimum atomic E-state index is 0.717. The van der Waals surface area contributed by atoms with E-state index in [2.05, 4.69) is 24.3 Å². The van der Waals surface area contributed by atoms with Gasteiger partial charge in [-0.15, -0.1) is 0 Å². The Hall–Kier alpha value is -1.96. The molecule has 0 aromatic heterocycles. The number of ether oxygens (including phenoxy) is 1. The zero-order chi connectivity index (χ0) is 13.5. The van der Waals surface area contributed by atoms with Gasteiger partial charge in [-0.2, -0.15) is 0 Å². The third-order valence-corrected chi connectivity index (χ3v) is 3.12. The van der Waals surface area contributed by atoms with E-state index >= 15 is 0 Å². The Morgan fingerprint density at radius 1 is 0.947 bits per heavy atom. The number of nitrogens with two attached hydrogens (primary N) is 1. The molecule has 2 aromatic rings. The molecule has 0 amide bonds. The first kappa shape index (κ1) is 13.5. The first-order valence-electron chi connectivity index (χ1n) is 6.84. The molecular formula is C17H21NO. The van der Waals surface area contributed by atoms with Crippen LogP contribution in [0.1, 0.15) is 24.5 Å². The number of anilines is 1. The number of hydrogen-bond donors (Lipinski definition) is 1. The van der Waals surface area contributed by atoms with Crippen molar-refractivity contribution < 1.29 is 4.74 Å². The number of benzene rings is 2. The number of rotatable bonds is 6. The van der Waals surface area contributed by atoms with Crippen molar-refractivity contribution in [1.29, 1.82) is 0 Å². The van der Waals surface area contributed by atoms with Crippen LogP contribution in [0.2, 0.25) is 0 Å². The smallest absolute Gasteiger partial charge is 0.119 e. The minimum absolute atomic E-state index is 0.717. The molecule has 0 spiro atoms. The van der Waals surface area contributed by atoms with E-state index in [1.165, 1.54) is 11.1 Å². The zero-order valence-electron chi connectivity index (χ0n) is 11.4. The summed E-state index contributed by atoms with van der Waals surface area (Å²) in [7, 11) is 0. The normalized spacial score (nSPS) is 10.4. The summed E-state index contributed by atoms with van der Waals surface area (Å²) in [5.41, 5.74) is 9.28. The van der Waals surface area contributed by atoms with Crippen LogP contribution in [0.3, 0.4) is 0 Å². The van der Waals surface area contributed by atoms with Gasteiger partial charge in [0.2, 0.25) is 0 Å². The minimum Gasteiger partial charge on any atom is -0.494 e. The maximum Gasteiger partial charge on any atom is 0.119 e. The monoisotopic (exact) mass is 255 g/mol. The van der Waals surface area contributed by atoms with Crippen molar-refractivity contribution in [3.05, 3.63) is 59.7 Å². The topological polar surface area (TPSA) is 35.2 Å². The predicted octanol–water partition coefficient (Wildman–Crippen LogP) is 3.84. The summed E-state index contributed by atoms with van der Waals surface area (Å²) in [6.07, 6.45) is 3.29. The Bertz CT molecular complexity index is 505. The van der Waals surface area contributed by atoms with Gasteiger partial charge in [-0.25, -0.2) is 0 Å². The molecule has 2 N–H and O–H groups in total. The van der Waals surface area contributed by atoms with Crippen LogP contribution in [0.25, 0.3) is 0 Å². The molecule has 0 fully saturated rings. The molecule has 0 unspecified atom stereocenters. The van der Waals surface area contributed by atoms with E-state index < -0.39 is 0 Å². The quantitative estimate of drug-likeness (QED) is 0.796. The van der Waals surface area contributed by atoms with Gasteiger partial charge < -0.3 is 10.5 Å². The summed E-state index contributed by atoms with van der Waals surface area (Å²) < 4.78 is 5.43. The Morgan fingerprint density at radius 2 is 1.68 bits per heavy atom. The molecule has 0 heterocycles. The third kappa shape index (κ3) is 4.32. The predicted molar refractivity (Wildman–Crippen MR) is 80.5 cm³/mol. The van der Waals surface area contributed by atoms with E-state index in [9.17, 15) is 0 Å². The maximum atomic E-state index is 5.77. The van der Waals surface area contributed by atoms with Crippen molar-refractivity contribution in [2.24, 2.45) is 0 Å². The summed E-state index contributed by atoms with van der Waals surface area (Å²) in [5, 5.41) is 0. The van der Waals surface area contributed by atoms with E-state index in [4.69, 9.17) is 10.5 Å². The molecule has 0 radical (unpaired) electrons. The Morgan fingerprint density at radius 3 is 2.37 bits per heavy atom. The molecule has 0 atom stereocenters. The van der Waals surface area contributed by atoms with Crippen molar-refractivity contribution in [3.8, 4) is 5.75 Å². The van der Waals surface area contributed by atoms with Crippen molar-refractivity contribution >= 4 is 5.69 Å². The van der Waals surface area contributed by atoms with Crippen molar-refractivity contribution in [3.63, 3.8) is 0 Å². The summed E-state index contributed by atoms with van der Waals surface area (Å²) in [5.74, 6) is 0.946. The highest BCUT2D eigenvalue weighted by molar-refractivity contribution is 5.40. The fourth-order valence-corrected chi connectivity index (χ4v) is 2.16. The SMILES string of the molecule is CCOc1ccc(CCCc2cccc(N)c2)cc1. The molecule has 0 saturated heterocycles. The van der Waals surface area contributed by atoms with Gasteiger partial charge in [0.25, 0.3) is 0 Å². The van der Waals surface area contributed by atoms with Gasteiger partial charge in [0, 0.05) is 5.69 Å². The largest absolute Gasteiger partial charge is 0.494 e. The van der Waals surface area contributed by atoms with Gasteiger partial charge in [0.05, 0.1) is 6.61 Å². The summed E-state index contributed by atoms with van der Waals surface area (Å²) in [6, 6.07) is 16.5. The van der Waals surface area contributed by atoms with E-state index in [1.807, 2.05) is 31.2 Å². The number of hydrogen-bond acceptors (Lipinski definition) is 2. The Balaban J connectivity index is 1.82. The summed E-state index contributed by atoms with van der Waals surface area (Å²) in [6.45, 7) is 2.72. The number of nitrogen functional groups attached to an aromatic ring is 1. The van der Waals surface area contributed by atoms with Crippen molar-refractivity contribution in [1.82, 2.24) is 0 Å². The van der Waals surface area contributed by atoms with Crippen LogP contribution >= 0.6 is 0 Å². The average molecular weight is 255 g/mol. The highest BCUT2D eigenvalue weighted by Gasteiger charge is 1.97. The van der Waals surface area contributed by atoms with Gasteiger partial charge >= 0.3 is 0 Å². The van der Waals surface area contributed by atoms with E-state index in [0.717, 1.165) is 37.3 Å². The lowest BCUT2D eigenvalue weighted by molar-refractivity contribution is 0.340. The standard InChI is InChI=1S/C17H21NO/c1-2-19-17-11-9-14(10-12-17)5-3-6-15-7-4-8-16(18)13-15/h4,7-13H,2-3,5-6,18H2,1H3. The highest BCUT2D eigenvalue weighted by Crippen LogP contribution is 2.15. The van der Waals surface area contributed by atoms with Crippen molar-refractivity contribution in [2.45, 2.75) is 26.2 Å². The highest BCUT2D eigenvalue weighted by atomic mass is 16.5. The Labute approximate surface area is 115 Å². The molecule has 2 heteroatoms. The molecule has 0 aliphatic rings. The van der Waals surface area contributed by atoms with Crippen LogP contribution in [0.15, 0.2) is 48.5 Å². The van der Waals surface area contributed by atoms with E-state index in [0.29, 0.717) is 0 Å². The van der Waals surface area contributed by atoms with Crippen LogP contribution in [-0.2, 0) is 12.8 Å². The average Bonchev–Trinajstić information content (AvgIpc) is 2.41. The van der Waals surface area contributed by atoms with Crippen LogP contribution in [0, 0.1) is 0 Å². The third-order valence-electron chi connectivity index (χ3n) is 3.12. The molecule has 0 aliphatic heterocycles. The van der Waals surface area contributed by atoms with Crippen LogP contribution in [0.5, 0.6) is 5.75 Å². The molecule has 100 valence electrons. The lowest BCUT2D eigenvalue weighted by Crippen LogP contribution is -1.93. The first-order valence-corrected chi connectivity index (χ1v) is 6.84. The van der Waals surface area contributed by atoms with E-state index in [1.54, 1.807) is 0 Å². The van der Waals surface area contributed by atoms with Crippen molar-refractivity contribution in [2.75, 3.05) is 12.3 Å². The molecule has 2 aromatic carbocycles. The molecule has 0 aliphatic carbocycles. The second-order valence-electron chi connectivity index (χ2n) is 4.68. The lowest BCUT2D eigenvalue weighted by Gasteiger charge is -2.05. The summed E-state index contributed by atoms with van der Waals surface area (Å²) >= 11 is 0. The molecular weight excluding hydrogens is 234 g/mol. The van der Waals surface area contributed by atoms with Crippen LogP contribution in [0.4, 0.5) is 5.69 Å². The summed E-state index contributed by atoms with van der Waals surface area (Å²) in [4.78, 5) is 0. The molecule has 19 heavy (non-hydrogen) atoms. The molecule has 0 bridgehead atoms.